The van der Waals surface area contributed by atoms with Crippen LogP contribution in [0.4, 0.5) is 5.82 Å². The lowest BCUT2D eigenvalue weighted by molar-refractivity contribution is 0.309. The Kier molecular flexibility index (Phi) is 4.07. The van der Waals surface area contributed by atoms with Crippen molar-refractivity contribution in [2.24, 2.45) is 5.84 Å². The molecular formula is C17H17N3O2. The second-order valence-corrected chi connectivity index (χ2v) is 4.81. The predicted molar refractivity (Wildman–Crippen MR) is 86.9 cm³/mol. The van der Waals surface area contributed by atoms with Gasteiger partial charge in [-0.15, -0.1) is 0 Å². The first-order valence-electron chi connectivity index (χ1n) is 6.92. The number of nitrogens with one attached hydrogen (secondary N) is 1. The number of hydrogen-bond donors (Lipinski definition) is 2. The van der Waals surface area contributed by atoms with Crippen LogP contribution >= 0.6 is 0 Å². The van der Waals surface area contributed by atoms with Crippen LogP contribution in [0.1, 0.15) is 5.56 Å². The molecule has 3 aromatic rings. The van der Waals surface area contributed by atoms with E-state index >= 15 is 0 Å². The van der Waals surface area contributed by atoms with Crippen molar-refractivity contribution in [3.63, 3.8) is 0 Å². The molecule has 0 bridgehead atoms. The minimum Gasteiger partial charge on any atom is -0.497 e. The number of rotatable bonds is 5. The zero-order chi connectivity index (χ0) is 15.4. The number of aromatic nitrogens is 1. The Hall–Kier alpha value is -2.79. The lowest BCUT2D eigenvalue weighted by Gasteiger charge is -2.10. The molecule has 0 radical (unpaired) electrons. The second kappa shape index (κ2) is 6.32. The van der Waals surface area contributed by atoms with E-state index in [4.69, 9.17) is 15.3 Å². The first-order chi connectivity index (χ1) is 10.8. The molecule has 0 unspecified atom stereocenters. The van der Waals surface area contributed by atoms with Crippen molar-refractivity contribution in [2.45, 2.75) is 6.61 Å². The summed E-state index contributed by atoms with van der Waals surface area (Å²) >= 11 is 0. The first-order valence-corrected chi connectivity index (χ1v) is 6.92. The van der Waals surface area contributed by atoms with Crippen LogP contribution in [0.5, 0.6) is 11.5 Å². The molecule has 3 rings (SSSR count). The van der Waals surface area contributed by atoms with Crippen molar-refractivity contribution >= 4 is 16.7 Å². The number of nitrogen functional groups attached to an aromatic ring is 1. The summed E-state index contributed by atoms with van der Waals surface area (Å²) in [5.41, 5.74) is 4.40. The standard InChI is InChI=1S/C17H17N3O2/c1-21-14-8-5-12(6-9-14)11-22-15-4-2-3-13-7-10-16(20-18)19-17(13)15/h2-10H,11,18H2,1H3,(H,19,20). The number of nitrogens with zero attached hydrogens (tertiary/aromatic N) is 1. The number of hydrogen-bond acceptors (Lipinski definition) is 5. The summed E-state index contributed by atoms with van der Waals surface area (Å²) in [6.45, 7) is 0.463. The number of anilines is 1. The lowest BCUT2D eigenvalue weighted by Crippen LogP contribution is -2.08. The fourth-order valence-corrected chi connectivity index (χ4v) is 2.20. The third kappa shape index (κ3) is 2.94. The van der Waals surface area contributed by atoms with Crippen molar-refractivity contribution < 1.29 is 9.47 Å². The fraction of sp³-hybridized carbons (Fsp3) is 0.118. The molecule has 0 saturated heterocycles. The Morgan fingerprint density at radius 2 is 1.86 bits per heavy atom. The van der Waals surface area contributed by atoms with Gasteiger partial charge in [-0.05, 0) is 35.9 Å². The van der Waals surface area contributed by atoms with Crippen molar-refractivity contribution in [3.05, 3.63) is 60.2 Å². The van der Waals surface area contributed by atoms with Crippen LogP contribution < -0.4 is 20.7 Å². The minimum atomic E-state index is 0.463. The van der Waals surface area contributed by atoms with E-state index in [9.17, 15) is 0 Å². The van der Waals surface area contributed by atoms with E-state index in [1.807, 2.05) is 54.6 Å². The maximum absolute atomic E-state index is 5.91. The maximum atomic E-state index is 5.91. The quantitative estimate of drug-likeness (QED) is 0.559. The van der Waals surface area contributed by atoms with Gasteiger partial charge in [0.2, 0.25) is 0 Å². The van der Waals surface area contributed by atoms with Gasteiger partial charge in [-0.2, -0.15) is 0 Å². The Balaban J connectivity index is 1.83. The van der Waals surface area contributed by atoms with Crippen LogP contribution in [0.15, 0.2) is 54.6 Å². The predicted octanol–water partition coefficient (Wildman–Crippen LogP) is 3.11. The van der Waals surface area contributed by atoms with E-state index in [-0.39, 0.29) is 0 Å². The molecule has 0 spiro atoms. The van der Waals surface area contributed by atoms with Gasteiger partial charge in [0.05, 0.1) is 7.11 Å². The molecule has 1 heterocycles. The SMILES string of the molecule is COc1ccc(COc2cccc3ccc(NN)nc23)cc1. The van der Waals surface area contributed by atoms with Gasteiger partial charge in [0.25, 0.3) is 0 Å². The minimum absolute atomic E-state index is 0.463. The molecule has 5 heteroatoms. The van der Waals surface area contributed by atoms with E-state index in [0.717, 1.165) is 28.0 Å². The third-order valence-corrected chi connectivity index (χ3v) is 3.38. The Morgan fingerprint density at radius 1 is 1.05 bits per heavy atom. The number of benzene rings is 2. The third-order valence-electron chi connectivity index (χ3n) is 3.38. The summed E-state index contributed by atoms with van der Waals surface area (Å²) in [7, 11) is 1.65. The average molecular weight is 295 g/mol. The molecule has 0 atom stereocenters. The van der Waals surface area contributed by atoms with E-state index in [0.29, 0.717) is 12.4 Å². The van der Waals surface area contributed by atoms with Crippen molar-refractivity contribution in [1.82, 2.24) is 4.98 Å². The number of para-hydroxylation sites is 1. The normalized spacial score (nSPS) is 10.5. The number of methoxy groups -OCH3 is 1. The van der Waals surface area contributed by atoms with Crippen molar-refractivity contribution in [3.8, 4) is 11.5 Å². The Morgan fingerprint density at radius 3 is 2.59 bits per heavy atom. The van der Waals surface area contributed by atoms with Gasteiger partial charge in [-0.25, -0.2) is 10.8 Å². The Labute approximate surface area is 128 Å². The molecule has 0 aliphatic carbocycles. The monoisotopic (exact) mass is 295 g/mol. The number of ether oxygens (including phenoxy) is 2. The molecule has 22 heavy (non-hydrogen) atoms. The van der Waals surface area contributed by atoms with Gasteiger partial charge in [0.1, 0.15) is 29.4 Å². The van der Waals surface area contributed by atoms with Crippen LogP contribution in [0.3, 0.4) is 0 Å². The summed E-state index contributed by atoms with van der Waals surface area (Å²) in [4.78, 5) is 4.45. The molecule has 5 nitrogen and oxygen atoms in total. The smallest absolute Gasteiger partial charge is 0.146 e. The van der Waals surface area contributed by atoms with Gasteiger partial charge < -0.3 is 14.9 Å². The molecule has 3 N–H and O–H groups in total. The highest BCUT2D eigenvalue weighted by Gasteiger charge is 2.05. The van der Waals surface area contributed by atoms with E-state index < -0.39 is 0 Å². The fourth-order valence-electron chi connectivity index (χ4n) is 2.20. The summed E-state index contributed by atoms with van der Waals surface area (Å²) in [5.74, 6) is 7.58. The molecule has 1 aromatic heterocycles. The molecule has 2 aromatic carbocycles. The van der Waals surface area contributed by atoms with Gasteiger partial charge >= 0.3 is 0 Å². The molecule has 112 valence electrons. The van der Waals surface area contributed by atoms with Crippen molar-refractivity contribution in [2.75, 3.05) is 12.5 Å². The number of nitrogens with two attached hydrogens (primary N) is 1. The highest BCUT2D eigenvalue weighted by molar-refractivity contribution is 5.85. The van der Waals surface area contributed by atoms with Crippen molar-refractivity contribution in [1.29, 1.82) is 0 Å². The highest BCUT2D eigenvalue weighted by Crippen LogP contribution is 2.26. The Bertz CT molecular complexity index is 772. The first kappa shape index (κ1) is 14.2. The van der Waals surface area contributed by atoms with Gasteiger partial charge in [0.15, 0.2) is 0 Å². The van der Waals surface area contributed by atoms with Crippen LogP contribution in [0.2, 0.25) is 0 Å². The lowest BCUT2D eigenvalue weighted by atomic mass is 10.2. The maximum Gasteiger partial charge on any atom is 0.146 e. The van der Waals surface area contributed by atoms with Crippen LogP contribution in [0, 0.1) is 0 Å². The van der Waals surface area contributed by atoms with Gasteiger partial charge in [0, 0.05) is 5.39 Å². The van der Waals surface area contributed by atoms with E-state index in [1.54, 1.807) is 7.11 Å². The van der Waals surface area contributed by atoms with E-state index in [1.165, 1.54) is 0 Å². The topological polar surface area (TPSA) is 69.4 Å². The molecule has 0 aliphatic heterocycles. The zero-order valence-corrected chi connectivity index (χ0v) is 12.2. The number of fused-ring (bicyclic) bond motifs is 1. The highest BCUT2D eigenvalue weighted by atomic mass is 16.5. The number of pyridine rings is 1. The zero-order valence-electron chi connectivity index (χ0n) is 12.2. The van der Waals surface area contributed by atoms with Crippen LogP contribution in [-0.4, -0.2) is 12.1 Å². The number of hydrazine groups is 1. The second-order valence-electron chi connectivity index (χ2n) is 4.81. The molecular weight excluding hydrogens is 278 g/mol. The van der Waals surface area contributed by atoms with E-state index in [2.05, 4.69) is 10.4 Å². The molecule has 0 saturated carbocycles. The average Bonchev–Trinajstić information content (AvgIpc) is 2.59. The molecule has 0 amide bonds. The van der Waals surface area contributed by atoms with Crippen LogP contribution in [-0.2, 0) is 6.61 Å². The molecule has 0 aliphatic rings. The summed E-state index contributed by atoms with van der Waals surface area (Å²) in [6, 6.07) is 17.4. The van der Waals surface area contributed by atoms with Gasteiger partial charge in [-0.3, -0.25) is 0 Å². The summed E-state index contributed by atoms with van der Waals surface area (Å²) in [5, 5.41) is 1.01. The summed E-state index contributed by atoms with van der Waals surface area (Å²) in [6.07, 6.45) is 0. The largest absolute Gasteiger partial charge is 0.497 e. The van der Waals surface area contributed by atoms with Gasteiger partial charge in [-0.1, -0.05) is 24.3 Å². The summed E-state index contributed by atoms with van der Waals surface area (Å²) < 4.78 is 11.1. The molecule has 0 fully saturated rings. The van der Waals surface area contributed by atoms with Crippen LogP contribution in [0.25, 0.3) is 10.9 Å².